The van der Waals surface area contributed by atoms with E-state index in [2.05, 4.69) is 47.7 Å². The predicted octanol–water partition coefficient (Wildman–Crippen LogP) is 6.22. The van der Waals surface area contributed by atoms with Crippen LogP contribution >= 0.6 is 0 Å². The zero-order valence-electron chi connectivity index (χ0n) is 16.2. The molecule has 0 radical (unpaired) electrons. The van der Waals surface area contributed by atoms with Gasteiger partial charge in [-0.05, 0) is 68.1 Å². The first kappa shape index (κ1) is 18.2. The Morgan fingerprint density at radius 1 is 0.964 bits per heavy atom. The van der Waals surface area contributed by atoms with E-state index in [4.69, 9.17) is 4.74 Å². The van der Waals surface area contributed by atoms with Crippen molar-refractivity contribution in [1.29, 1.82) is 0 Å². The van der Waals surface area contributed by atoms with Gasteiger partial charge in [0.15, 0.2) is 0 Å². The molecule has 0 spiro atoms. The molecular formula is C24H23FN2O. The molecule has 0 bridgehead atoms. The third-order valence-electron chi connectivity index (χ3n) is 5.23. The van der Waals surface area contributed by atoms with Gasteiger partial charge in [-0.3, -0.25) is 0 Å². The molecule has 0 aliphatic carbocycles. The van der Waals surface area contributed by atoms with Gasteiger partial charge >= 0.3 is 0 Å². The van der Waals surface area contributed by atoms with Gasteiger partial charge in [0.1, 0.15) is 17.1 Å². The van der Waals surface area contributed by atoms with Gasteiger partial charge in [0.05, 0.1) is 0 Å². The summed E-state index contributed by atoms with van der Waals surface area (Å²) in [7, 11) is 0. The molecule has 4 aromatic rings. The predicted molar refractivity (Wildman–Crippen MR) is 110 cm³/mol. The number of hydrogen-bond donors (Lipinski definition) is 0. The fourth-order valence-electron chi connectivity index (χ4n) is 3.62. The highest BCUT2D eigenvalue weighted by atomic mass is 19.1. The number of aromatic nitrogens is 2. The van der Waals surface area contributed by atoms with Crippen molar-refractivity contribution in [3.63, 3.8) is 0 Å². The fourth-order valence-corrected chi connectivity index (χ4v) is 3.62. The summed E-state index contributed by atoms with van der Waals surface area (Å²) in [6, 6.07) is 18.6. The third-order valence-corrected chi connectivity index (χ3v) is 5.23. The Morgan fingerprint density at radius 3 is 2.46 bits per heavy atom. The zero-order valence-corrected chi connectivity index (χ0v) is 16.2. The molecule has 0 atom stereocenters. The quantitative estimate of drug-likeness (QED) is 0.401. The van der Waals surface area contributed by atoms with Crippen molar-refractivity contribution in [3.05, 3.63) is 89.5 Å². The van der Waals surface area contributed by atoms with E-state index in [1.807, 2.05) is 12.1 Å². The standard InChI is InChI=1S/C24H23FN2O/c1-17-18(2)27(16-6-9-19-7-4-3-5-8-19)23-22(17)14-15-26-24(23)28-21-12-10-20(25)11-13-21/h3-5,7-8,10-15H,6,9,16H2,1-2H3. The van der Waals surface area contributed by atoms with Crippen LogP contribution in [-0.4, -0.2) is 9.55 Å². The van der Waals surface area contributed by atoms with E-state index in [1.54, 1.807) is 18.3 Å². The highest BCUT2D eigenvalue weighted by Gasteiger charge is 2.16. The van der Waals surface area contributed by atoms with Crippen LogP contribution in [0.4, 0.5) is 4.39 Å². The van der Waals surface area contributed by atoms with Gasteiger partial charge in [0, 0.05) is 23.8 Å². The summed E-state index contributed by atoms with van der Waals surface area (Å²) < 4.78 is 21.5. The van der Waals surface area contributed by atoms with E-state index < -0.39 is 0 Å². The molecule has 2 aromatic heterocycles. The maximum Gasteiger partial charge on any atom is 0.244 e. The Bertz CT molecular complexity index is 1090. The van der Waals surface area contributed by atoms with Gasteiger partial charge in [0.25, 0.3) is 0 Å². The molecule has 0 saturated heterocycles. The second-order valence-electron chi connectivity index (χ2n) is 7.02. The molecule has 0 unspecified atom stereocenters. The first-order valence-electron chi connectivity index (χ1n) is 9.55. The lowest BCUT2D eigenvalue weighted by atomic mass is 10.1. The minimum absolute atomic E-state index is 0.283. The number of benzene rings is 2. The van der Waals surface area contributed by atoms with Gasteiger partial charge in [-0.1, -0.05) is 30.3 Å². The fraction of sp³-hybridized carbons (Fsp3) is 0.208. The summed E-state index contributed by atoms with van der Waals surface area (Å²) in [4.78, 5) is 4.47. The van der Waals surface area contributed by atoms with Gasteiger partial charge < -0.3 is 9.30 Å². The van der Waals surface area contributed by atoms with Crippen LogP contribution in [0.25, 0.3) is 10.9 Å². The van der Waals surface area contributed by atoms with Crippen molar-refractivity contribution in [3.8, 4) is 11.6 Å². The molecule has 0 saturated carbocycles. The van der Waals surface area contributed by atoms with Crippen molar-refractivity contribution in [2.75, 3.05) is 0 Å². The van der Waals surface area contributed by atoms with E-state index in [-0.39, 0.29) is 5.82 Å². The number of hydrogen-bond acceptors (Lipinski definition) is 2. The van der Waals surface area contributed by atoms with E-state index >= 15 is 0 Å². The molecule has 2 aromatic carbocycles. The smallest absolute Gasteiger partial charge is 0.244 e. The topological polar surface area (TPSA) is 27.1 Å². The Balaban J connectivity index is 1.65. The minimum Gasteiger partial charge on any atom is -0.437 e. The number of ether oxygens (including phenoxy) is 1. The monoisotopic (exact) mass is 374 g/mol. The van der Waals surface area contributed by atoms with Crippen molar-refractivity contribution >= 4 is 10.9 Å². The van der Waals surface area contributed by atoms with Crippen molar-refractivity contribution in [1.82, 2.24) is 9.55 Å². The molecule has 4 heteroatoms. The van der Waals surface area contributed by atoms with Crippen LogP contribution < -0.4 is 4.74 Å². The second-order valence-corrected chi connectivity index (χ2v) is 7.02. The number of halogens is 1. The SMILES string of the molecule is Cc1c(C)n(CCCc2ccccc2)c2c(Oc3ccc(F)cc3)nccc12. The van der Waals surface area contributed by atoms with E-state index in [0.29, 0.717) is 11.6 Å². The normalized spacial score (nSPS) is 11.1. The van der Waals surface area contributed by atoms with Gasteiger partial charge in [-0.2, -0.15) is 0 Å². The molecule has 2 heterocycles. The highest BCUT2D eigenvalue weighted by Crippen LogP contribution is 2.33. The number of fused-ring (bicyclic) bond motifs is 1. The summed E-state index contributed by atoms with van der Waals surface area (Å²) in [5.74, 6) is 0.850. The average molecular weight is 374 g/mol. The van der Waals surface area contributed by atoms with Gasteiger partial charge in [-0.25, -0.2) is 9.37 Å². The van der Waals surface area contributed by atoms with Crippen LogP contribution in [0.15, 0.2) is 66.9 Å². The van der Waals surface area contributed by atoms with E-state index in [9.17, 15) is 4.39 Å². The molecule has 3 nitrogen and oxygen atoms in total. The molecule has 0 N–H and O–H groups in total. The third kappa shape index (κ3) is 3.63. The number of nitrogens with zero attached hydrogens (tertiary/aromatic N) is 2. The molecule has 0 fully saturated rings. The molecular weight excluding hydrogens is 351 g/mol. The first-order chi connectivity index (χ1) is 13.6. The van der Waals surface area contributed by atoms with E-state index in [1.165, 1.54) is 29.0 Å². The Hall–Kier alpha value is -3.14. The molecule has 0 amide bonds. The van der Waals surface area contributed by atoms with Crippen LogP contribution in [0.1, 0.15) is 23.2 Å². The molecule has 142 valence electrons. The van der Waals surface area contributed by atoms with Crippen LogP contribution in [0.5, 0.6) is 11.6 Å². The Morgan fingerprint density at radius 2 is 1.71 bits per heavy atom. The number of aryl methyl sites for hydroxylation is 3. The number of pyridine rings is 1. The number of rotatable bonds is 6. The maximum atomic E-state index is 13.2. The minimum atomic E-state index is -0.283. The summed E-state index contributed by atoms with van der Waals surface area (Å²) in [5.41, 5.74) is 4.80. The summed E-state index contributed by atoms with van der Waals surface area (Å²) in [6.07, 6.45) is 3.81. The lowest BCUT2D eigenvalue weighted by molar-refractivity contribution is 0.463. The van der Waals surface area contributed by atoms with E-state index in [0.717, 1.165) is 30.3 Å². The molecule has 28 heavy (non-hydrogen) atoms. The van der Waals surface area contributed by atoms with Crippen molar-refractivity contribution in [2.45, 2.75) is 33.2 Å². The van der Waals surface area contributed by atoms with Crippen LogP contribution in [0.2, 0.25) is 0 Å². The second kappa shape index (κ2) is 7.85. The van der Waals surface area contributed by atoms with Crippen molar-refractivity contribution < 1.29 is 9.13 Å². The van der Waals surface area contributed by atoms with Gasteiger partial charge in [-0.15, -0.1) is 0 Å². The van der Waals surface area contributed by atoms with Crippen LogP contribution in [0, 0.1) is 19.7 Å². The molecule has 0 aliphatic heterocycles. The van der Waals surface area contributed by atoms with Crippen LogP contribution in [-0.2, 0) is 13.0 Å². The molecule has 4 rings (SSSR count). The molecule has 0 aliphatic rings. The van der Waals surface area contributed by atoms with Gasteiger partial charge in [0.2, 0.25) is 5.88 Å². The lowest BCUT2D eigenvalue weighted by Gasteiger charge is -2.12. The summed E-state index contributed by atoms with van der Waals surface area (Å²) >= 11 is 0. The average Bonchev–Trinajstić information content (AvgIpc) is 2.96. The Labute approximate surface area is 164 Å². The zero-order chi connectivity index (χ0) is 19.5. The van der Waals surface area contributed by atoms with Crippen molar-refractivity contribution in [2.24, 2.45) is 0 Å². The van der Waals surface area contributed by atoms with Crippen LogP contribution in [0.3, 0.4) is 0 Å². The summed E-state index contributed by atoms with van der Waals surface area (Å²) in [6.45, 7) is 5.16. The lowest BCUT2D eigenvalue weighted by Crippen LogP contribution is -2.03. The largest absolute Gasteiger partial charge is 0.437 e. The summed E-state index contributed by atoms with van der Waals surface area (Å²) in [5, 5.41) is 1.14. The maximum absolute atomic E-state index is 13.2. The highest BCUT2D eigenvalue weighted by molar-refractivity contribution is 5.89. The first-order valence-corrected chi connectivity index (χ1v) is 9.55. The Kier molecular flexibility index (Phi) is 5.11.